The van der Waals surface area contributed by atoms with Crippen molar-refractivity contribution in [3.05, 3.63) is 28.0 Å². The summed E-state index contributed by atoms with van der Waals surface area (Å²) in [6.45, 7) is 0. The lowest BCUT2D eigenvalue weighted by atomic mass is 9.85. The van der Waals surface area contributed by atoms with Crippen LogP contribution in [-0.2, 0) is 0 Å². The first-order valence-electron chi connectivity index (χ1n) is 6.80. The Morgan fingerprint density at radius 1 is 1.32 bits per heavy atom. The average molecular weight is 383 g/mol. The first-order valence-corrected chi connectivity index (χ1v) is 7.60. The zero-order chi connectivity index (χ0) is 16.5. The number of halogens is 5. The monoisotopic (exact) mass is 382 g/mol. The molecule has 3 nitrogen and oxygen atoms in total. The van der Waals surface area contributed by atoms with Gasteiger partial charge in [0.15, 0.2) is 0 Å². The van der Waals surface area contributed by atoms with Crippen LogP contribution in [0.5, 0.6) is 0 Å². The number of rotatable bonds is 3. The van der Waals surface area contributed by atoms with E-state index in [1.807, 2.05) is 0 Å². The SMILES string of the molecule is NC(=O)c1c(F)cc(Br)cc1NC1CCCC(C(F)(F)F)C1. The number of primary amides is 1. The number of hydrogen-bond acceptors (Lipinski definition) is 2. The molecule has 2 atom stereocenters. The summed E-state index contributed by atoms with van der Waals surface area (Å²) in [6, 6.07) is 2.05. The summed E-state index contributed by atoms with van der Waals surface area (Å²) in [6.07, 6.45) is -3.30. The molecule has 0 bridgehead atoms. The minimum atomic E-state index is -4.24. The number of nitrogens with two attached hydrogens (primary N) is 1. The number of alkyl halides is 3. The van der Waals surface area contributed by atoms with Gasteiger partial charge in [-0.3, -0.25) is 4.79 Å². The van der Waals surface area contributed by atoms with Gasteiger partial charge in [0, 0.05) is 10.5 Å². The highest BCUT2D eigenvalue weighted by atomic mass is 79.9. The van der Waals surface area contributed by atoms with Gasteiger partial charge >= 0.3 is 6.18 Å². The smallest absolute Gasteiger partial charge is 0.382 e. The first kappa shape index (κ1) is 17.1. The Kier molecular flexibility index (Phi) is 4.99. The van der Waals surface area contributed by atoms with Crippen LogP contribution in [0.4, 0.5) is 23.2 Å². The van der Waals surface area contributed by atoms with Crippen molar-refractivity contribution in [2.24, 2.45) is 11.7 Å². The summed E-state index contributed by atoms with van der Waals surface area (Å²) >= 11 is 3.09. The van der Waals surface area contributed by atoms with Crippen LogP contribution in [0.3, 0.4) is 0 Å². The van der Waals surface area contributed by atoms with E-state index >= 15 is 0 Å². The maximum Gasteiger partial charge on any atom is 0.391 e. The van der Waals surface area contributed by atoms with Crippen LogP contribution in [0, 0.1) is 11.7 Å². The maximum atomic E-state index is 13.8. The summed E-state index contributed by atoms with van der Waals surface area (Å²) in [5.41, 5.74) is 4.93. The van der Waals surface area contributed by atoms with E-state index in [4.69, 9.17) is 5.73 Å². The number of nitrogens with one attached hydrogen (secondary N) is 1. The van der Waals surface area contributed by atoms with Crippen molar-refractivity contribution in [1.82, 2.24) is 0 Å². The van der Waals surface area contributed by atoms with Crippen LogP contribution < -0.4 is 11.1 Å². The normalized spacial score (nSPS) is 22.4. The van der Waals surface area contributed by atoms with E-state index in [2.05, 4.69) is 21.2 Å². The second-order valence-electron chi connectivity index (χ2n) is 5.42. The molecule has 1 fully saturated rings. The molecule has 0 heterocycles. The Morgan fingerprint density at radius 2 is 2.00 bits per heavy atom. The van der Waals surface area contributed by atoms with E-state index in [0.29, 0.717) is 17.3 Å². The molecule has 1 aromatic carbocycles. The Morgan fingerprint density at radius 3 is 2.59 bits per heavy atom. The highest BCUT2D eigenvalue weighted by Gasteiger charge is 2.42. The molecule has 2 unspecified atom stereocenters. The minimum absolute atomic E-state index is 0.0944. The Labute approximate surface area is 133 Å². The molecule has 122 valence electrons. The van der Waals surface area contributed by atoms with Gasteiger partial charge < -0.3 is 11.1 Å². The highest BCUT2D eigenvalue weighted by molar-refractivity contribution is 9.10. The van der Waals surface area contributed by atoms with Crippen LogP contribution in [0.2, 0.25) is 0 Å². The van der Waals surface area contributed by atoms with Gasteiger partial charge in [-0.25, -0.2) is 4.39 Å². The van der Waals surface area contributed by atoms with Crippen LogP contribution in [0.25, 0.3) is 0 Å². The molecule has 0 radical (unpaired) electrons. The van der Waals surface area contributed by atoms with Crippen LogP contribution in [-0.4, -0.2) is 18.1 Å². The predicted molar refractivity (Wildman–Crippen MR) is 78.0 cm³/mol. The van der Waals surface area contributed by atoms with Gasteiger partial charge in [0.1, 0.15) is 5.82 Å². The summed E-state index contributed by atoms with van der Waals surface area (Å²) in [4.78, 5) is 11.4. The predicted octanol–water partition coefficient (Wildman–Crippen LogP) is 4.22. The summed E-state index contributed by atoms with van der Waals surface area (Å²) in [5, 5.41) is 2.84. The van der Waals surface area contributed by atoms with Crippen molar-refractivity contribution in [1.29, 1.82) is 0 Å². The Balaban J connectivity index is 2.22. The third kappa shape index (κ3) is 3.91. The van der Waals surface area contributed by atoms with E-state index in [0.717, 1.165) is 6.07 Å². The van der Waals surface area contributed by atoms with Gasteiger partial charge in [-0.05, 0) is 31.4 Å². The molecule has 1 aromatic rings. The Bertz CT molecular complexity index is 577. The second kappa shape index (κ2) is 6.44. The maximum absolute atomic E-state index is 13.8. The molecule has 1 saturated carbocycles. The van der Waals surface area contributed by atoms with Crippen molar-refractivity contribution in [2.75, 3.05) is 5.32 Å². The number of carbonyl (C=O) groups excluding carboxylic acids is 1. The van der Waals surface area contributed by atoms with E-state index in [9.17, 15) is 22.4 Å². The molecule has 22 heavy (non-hydrogen) atoms. The lowest BCUT2D eigenvalue weighted by Gasteiger charge is -2.32. The molecule has 0 saturated heterocycles. The minimum Gasteiger partial charge on any atom is -0.382 e. The summed E-state index contributed by atoms with van der Waals surface area (Å²) < 4.78 is 52.7. The zero-order valence-corrected chi connectivity index (χ0v) is 13.1. The average Bonchev–Trinajstić information content (AvgIpc) is 2.36. The van der Waals surface area contributed by atoms with Gasteiger partial charge in [0.25, 0.3) is 5.91 Å². The van der Waals surface area contributed by atoms with Gasteiger partial charge in [-0.1, -0.05) is 22.4 Å². The number of benzene rings is 1. The fourth-order valence-corrected chi connectivity index (χ4v) is 3.21. The molecule has 8 heteroatoms. The summed E-state index contributed by atoms with van der Waals surface area (Å²) in [7, 11) is 0. The molecule has 0 spiro atoms. The van der Waals surface area contributed by atoms with Gasteiger partial charge in [-0.15, -0.1) is 0 Å². The van der Waals surface area contributed by atoms with Crippen LogP contribution in [0.1, 0.15) is 36.0 Å². The standard InChI is InChI=1S/C14H15BrF4N2O/c15-8-5-10(16)12(13(20)22)11(6-8)21-9-3-1-2-7(4-9)14(17,18)19/h5-7,9,21H,1-4H2,(H2,20,22). The van der Waals surface area contributed by atoms with E-state index in [1.54, 1.807) is 0 Å². The molecule has 2 rings (SSSR count). The molecular formula is C14H15BrF4N2O. The number of hydrogen-bond donors (Lipinski definition) is 2. The lowest BCUT2D eigenvalue weighted by Crippen LogP contribution is -2.35. The number of amides is 1. The van der Waals surface area contributed by atoms with Crippen molar-refractivity contribution in [3.63, 3.8) is 0 Å². The first-order chi connectivity index (χ1) is 10.2. The fraction of sp³-hybridized carbons (Fsp3) is 0.500. The lowest BCUT2D eigenvalue weighted by molar-refractivity contribution is -0.182. The highest BCUT2D eigenvalue weighted by Crippen LogP contribution is 2.39. The second-order valence-corrected chi connectivity index (χ2v) is 6.34. The van der Waals surface area contributed by atoms with Crippen molar-refractivity contribution in [3.8, 4) is 0 Å². The van der Waals surface area contributed by atoms with Crippen molar-refractivity contribution in [2.45, 2.75) is 37.9 Å². The molecule has 1 aliphatic carbocycles. The van der Waals surface area contributed by atoms with Crippen molar-refractivity contribution >= 4 is 27.5 Å². The summed E-state index contributed by atoms with van der Waals surface area (Å²) in [5.74, 6) is -3.16. The molecule has 3 N–H and O–H groups in total. The van der Waals surface area contributed by atoms with Gasteiger partial charge in [0.05, 0.1) is 17.2 Å². The van der Waals surface area contributed by atoms with E-state index in [-0.39, 0.29) is 24.1 Å². The largest absolute Gasteiger partial charge is 0.391 e. The quantitative estimate of drug-likeness (QED) is 0.768. The van der Waals surface area contributed by atoms with Crippen LogP contribution >= 0.6 is 15.9 Å². The van der Waals surface area contributed by atoms with E-state index in [1.165, 1.54) is 6.07 Å². The number of carbonyl (C=O) groups is 1. The topological polar surface area (TPSA) is 55.1 Å². The molecule has 0 aromatic heterocycles. The van der Waals surface area contributed by atoms with Gasteiger partial charge in [0.2, 0.25) is 0 Å². The zero-order valence-electron chi connectivity index (χ0n) is 11.5. The Hall–Kier alpha value is -1.31. The fourth-order valence-electron chi connectivity index (χ4n) is 2.78. The van der Waals surface area contributed by atoms with Gasteiger partial charge in [-0.2, -0.15) is 13.2 Å². The van der Waals surface area contributed by atoms with Crippen LogP contribution in [0.15, 0.2) is 16.6 Å². The third-order valence-electron chi connectivity index (χ3n) is 3.80. The molecule has 1 aliphatic rings. The van der Waals surface area contributed by atoms with Crippen molar-refractivity contribution < 1.29 is 22.4 Å². The number of anilines is 1. The molecular weight excluding hydrogens is 368 g/mol. The molecule has 1 amide bonds. The van der Waals surface area contributed by atoms with E-state index < -0.39 is 29.9 Å². The third-order valence-corrected chi connectivity index (χ3v) is 4.26. The molecule has 0 aliphatic heterocycles.